The van der Waals surface area contributed by atoms with Gasteiger partial charge in [-0.15, -0.1) is 0 Å². The molecular formula is C20H26ClNO5. The molecule has 1 heterocycles. The van der Waals surface area contributed by atoms with Gasteiger partial charge in [0, 0.05) is 10.9 Å². The summed E-state index contributed by atoms with van der Waals surface area (Å²) in [6.45, 7) is 3.89. The predicted molar refractivity (Wildman–Crippen MR) is 101 cm³/mol. The largest absolute Gasteiger partial charge is 0.481 e. The minimum Gasteiger partial charge on any atom is -0.481 e. The molecule has 2 rings (SSSR count). The highest BCUT2D eigenvalue weighted by Gasteiger charge is 2.43. The van der Waals surface area contributed by atoms with E-state index >= 15 is 0 Å². The fourth-order valence-electron chi connectivity index (χ4n) is 3.65. The van der Waals surface area contributed by atoms with Crippen LogP contribution in [0.15, 0.2) is 24.3 Å². The monoisotopic (exact) mass is 395 g/mol. The molecule has 6 nitrogen and oxygen atoms in total. The predicted octanol–water partition coefficient (Wildman–Crippen LogP) is 3.83. The van der Waals surface area contributed by atoms with Crippen molar-refractivity contribution in [3.8, 4) is 0 Å². The smallest absolute Gasteiger partial charge is 0.328 e. The third kappa shape index (κ3) is 5.22. The van der Waals surface area contributed by atoms with Crippen molar-refractivity contribution in [2.24, 2.45) is 5.92 Å². The summed E-state index contributed by atoms with van der Waals surface area (Å²) in [4.78, 5) is 38.5. The Hall–Kier alpha value is -2.08. The average Bonchev–Trinajstić information content (AvgIpc) is 2.62. The first kappa shape index (κ1) is 21.2. The maximum Gasteiger partial charge on any atom is 0.328 e. The number of carbonyl (C=O) groups is 3. The number of carbonyl (C=O) groups excluding carboxylic acids is 2. The van der Waals surface area contributed by atoms with Crippen molar-refractivity contribution in [2.45, 2.75) is 58.0 Å². The Morgan fingerprint density at radius 3 is 2.48 bits per heavy atom. The number of hydrogen-bond acceptors (Lipinski definition) is 4. The molecule has 1 aromatic carbocycles. The number of esters is 1. The minimum atomic E-state index is -1.01. The summed E-state index contributed by atoms with van der Waals surface area (Å²) in [5, 5.41) is 9.73. The molecule has 0 aliphatic carbocycles. The number of ether oxygens (including phenoxy) is 1. The van der Waals surface area contributed by atoms with E-state index in [-0.39, 0.29) is 25.0 Å². The normalized spacial score (nSPS) is 21.0. The first-order valence-corrected chi connectivity index (χ1v) is 9.72. The van der Waals surface area contributed by atoms with Crippen LogP contribution in [0.5, 0.6) is 0 Å². The second-order valence-electron chi connectivity index (χ2n) is 6.74. The van der Waals surface area contributed by atoms with E-state index < -0.39 is 23.9 Å². The van der Waals surface area contributed by atoms with Crippen molar-refractivity contribution < 1.29 is 24.2 Å². The molecule has 1 N–H and O–H groups in total. The van der Waals surface area contributed by atoms with Crippen molar-refractivity contribution in [1.29, 1.82) is 0 Å². The van der Waals surface area contributed by atoms with E-state index in [1.54, 1.807) is 24.0 Å². The Morgan fingerprint density at radius 2 is 1.93 bits per heavy atom. The number of piperidine rings is 1. The van der Waals surface area contributed by atoms with Crippen molar-refractivity contribution >= 4 is 29.4 Å². The van der Waals surface area contributed by atoms with E-state index in [4.69, 9.17) is 21.4 Å². The molecule has 0 saturated carbocycles. The summed E-state index contributed by atoms with van der Waals surface area (Å²) in [6, 6.07) is 6.17. The number of aliphatic carboxylic acids is 1. The Morgan fingerprint density at radius 1 is 1.26 bits per heavy atom. The van der Waals surface area contributed by atoms with Crippen LogP contribution in [0.3, 0.4) is 0 Å². The molecule has 1 saturated heterocycles. The van der Waals surface area contributed by atoms with Crippen molar-refractivity contribution in [2.75, 3.05) is 6.61 Å². The molecule has 1 fully saturated rings. The second-order valence-corrected chi connectivity index (χ2v) is 7.18. The summed E-state index contributed by atoms with van der Waals surface area (Å²) in [7, 11) is 0. The van der Waals surface area contributed by atoms with Crippen molar-refractivity contribution in [3.63, 3.8) is 0 Å². The molecule has 1 aliphatic rings. The van der Waals surface area contributed by atoms with Crippen LogP contribution in [-0.2, 0) is 19.1 Å². The summed E-state index contributed by atoms with van der Waals surface area (Å²) < 4.78 is 5.21. The molecule has 0 radical (unpaired) electrons. The summed E-state index contributed by atoms with van der Waals surface area (Å²) in [5.74, 6) is -2.38. The number of likely N-dealkylation sites (tertiary alicyclic amines) is 1. The van der Waals surface area contributed by atoms with Gasteiger partial charge in [-0.2, -0.15) is 0 Å². The Kier molecular flexibility index (Phi) is 7.66. The molecule has 3 atom stereocenters. The third-order valence-corrected chi connectivity index (χ3v) is 5.11. The number of nitrogens with zero attached hydrogens (tertiary/aromatic N) is 1. The van der Waals surface area contributed by atoms with Gasteiger partial charge >= 0.3 is 11.9 Å². The van der Waals surface area contributed by atoms with Gasteiger partial charge in [0.1, 0.15) is 6.04 Å². The zero-order chi connectivity index (χ0) is 20.0. The Labute approximate surface area is 164 Å². The van der Waals surface area contributed by atoms with Gasteiger partial charge in [0.2, 0.25) is 5.91 Å². The summed E-state index contributed by atoms with van der Waals surface area (Å²) in [6.07, 6.45) is 1.99. The van der Waals surface area contributed by atoms with E-state index in [0.29, 0.717) is 30.7 Å². The SMILES string of the molecule is CCCC(C(=O)OCC)N1C(=O)[C@@H](CC(=O)O)CC[C@H]1c1ccc(Cl)cc1. The highest BCUT2D eigenvalue weighted by molar-refractivity contribution is 6.30. The second kappa shape index (κ2) is 9.74. The number of rotatable bonds is 8. The van der Waals surface area contributed by atoms with Gasteiger partial charge in [-0.1, -0.05) is 37.1 Å². The first-order valence-electron chi connectivity index (χ1n) is 9.35. The molecule has 0 bridgehead atoms. The van der Waals surface area contributed by atoms with Crippen LogP contribution >= 0.6 is 11.6 Å². The molecule has 27 heavy (non-hydrogen) atoms. The number of carboxylic acid groups (broad SMARTS) is 1. The highest BCUT2D eigenvalue weighted by atomic mass is 35.5. The standard InChI is InChI=1S/C20H26ClNO5/c1-3-5-17(20(26)27-4-2)22-16(13-6-9-15(21)10-7-13)11-8-14(19(22)25)12-18(23)24/h6-7,9-10,14,16-17H,3-5,8,11-12H2,1-2H3,(H,23,24)/t14-,16+,17?/m1/s1. The number of hydrogen-bond donors (Lipinski definition) is 1. The van der Waals surface area contributed by atoms with Gasteiger partial charge in [-0.05, 0) is 43.9 Å². The van der Waals surface area contributed by atoms with E-state index in [1.165, 1.54) is 0 Å². The van der Waals surface area contributed by atoms with Crippen LogP contribution in [0.1, 0.15) is 57.6 Å². The molecule has 1 amide bonds. The van der Waals surface area contributed by atoms with Crippen LogP contribution in [0.25, 0.3) is 0 Å². The zero-order valence-electron chi connectivity index (χ0n) is 15.7. The number of amides is 1. The van der Waals surface area contributed by atoms with E-state index in [2.05, 4.69) is 0 Å². The van der Waals surface area contributed by atoms with Crippen molar-refractivity contribution in [1.82, 2.24) is 4.90 Å². The molecule has 1 unspecified atom stereocenters. The fraction of sp³-hybridized carbons (Fsp3) is 0.550. The minimum absolute atomic E-state index is 0.227. The summed E-state index contributed by atoms with van der Waals surface area (Å²) >= 11 is 5.98. The van der Waals surface area contributed by atoms with Crippen molar-refractivity contribution in [3.05, 3.63) is 34.9 Å². The molecule has 1 aromatic rings. The van der Waals surface area contributed by atoms with Crippen LogP contribution < -0.4 is 0 Å². The first-order chi connectivity index (χ1) is 12.9. The van der Waals surface area contributed by atoms with Gasteiger partial charge in [0.15, 0.2) is 0 Å². The van der Waals surface area contributed by atoms with Crippen LogP contribution in [0, 0.1) is 5.92 Å². The Bertz CT molecular complexity index is 675. The molecule has 1 aliphatic heterocycles. The Balaban J connectivity index is 2.41. The zero-order valence-corrected chi connectivity index (χ0v) is 16.4. The maximum absolute atomic E-state index is 13.2. The van der Waals surface area contributed by atoms with Gasteiger partial charge in [0.25, 0.3) is 0 Å². The lowest BCUT2D eigenvalue weighted by Gasteiger charge is -2.43. The number of halogens is 1. The van der Waals surface area contributed by atoms with E-state index in [0.717, 1.165) is 5.56 Å². The molecule has 0 spiro atoms. The van der Waals surface area contributed by atoms with Gasteiger partial charge in [-0.3, -0.25) is 9.59 Å². The van der Waals surface area contributed by atoms with Gasteiger partial charge in [0.05, 0.1) is 19.1 Å². The fourth-order valence-corrected chi connectivity index (χ4v) is 3.78. The molecular weight excluding hydrogens is 370 g/mol. The lowest BCUT2D eigenvalue weighted by Crippen LogP contribution is -2.52. The number of carboxylic acids is 1. The number of benzene rings is 1. The third-order valence-electron chi connectivity index (χ3n) is 4.86. The lowest BCUT2D eigenvalue weighted by molar-refractivity contribution is -0.163. The van der Waals surface area contributed by atoms with E-state index in [1.807, 2.05) is 19.1 Å². The van der Waals surface area contributed by atoms with Gasteiger partial charge in [-0.25, -0.2) is 4.79 Å². The molecule has 148 valence electrons. The lowest BCUT2D eigenvalue weighted by atomic mass is 9.85. The highest BCUT2D eigenvalue weighted by Crippen LogP contribution is 2.38. The molecule has 0 aromatic heterocycles. The van der Waals surface area contributed by atoms with Crippen LogP contribution in [-0.4, -0.2) is 40.5 Å². The van der Waals surface area contributed by atoms with E-state index in [9.17, 15) is 14.4 Å². The molecule has 7 heteroatoms. The average molecular weight is 396 g/mol. The summed E-state index contributed by atoms with van der Waals surface area (Å²) in [5.41, 5.74) is 0.881. The topological polar surface area (TPSA) is 83.9 Å². The van der Waals surface area contributed by atoms with Crippen LogP contribution in [0.4, 0.5) is 0 Å². The van der Waals surface area contributed by atoms with Gasteiger partial charge < -0.3 is 14.7 Å². The quantitative estimate of drug-likeness (QED) is 0.676. The maximum atomic E-state index is 13.2. The van der Waals surface area contributed by atoms with Crippen LogP contribution in [0.2, 0.25) is 5.02 Å².